The molecule has 5 nitrogen and oxygen atoms in total. The van der Waals surface area contributed by atoms with Crippen molar-refractivity contribution in [1.29, 1.82) is 0 Å². The minimum absolute atomic E-state index is 0.259. The molecule has 0 aliphatic carbocycles. The second-order valence-corrected chi connectivity index (χ2v) is 6.72. The second-order valence-electron chi connectivity index (χ2n) is 4.57. The zero-order valence-corrected chi connectivity index (χ0v) is 11.5. The van der Waals surface area contributed by atoms with Crippen molar-refractivity contribution < 1.29 is 8.42 Å². The smallest absolute Gasteiger partial charge is 0.242 e. The summed E-state index contributed by atoms with van der Waals surface area (Å²) >= 11 is 0. The van der Waals surface area contributed by atoms with Crippen LogP contribution in [0.4, 0.5) is 0 Å². The van der Waals surface area contributed by atoms with Gasteiger partial charge in [0.15, 0.2) is 0 Å². The van der Waals surface area contributed by atoms with Gasteiger partial charge in [-0.3, -0.25) is 0 Å². The lowest BCUT2D eigenvalue weighted by Gasteiger charge is -2.25. The Labute approximate surface area is 108 Å². The molecule has 1 atom stereocenters. The van der Waals surface area contributed by atoms with Crippen LogP contribution in [0.1, 0.15) is 11.6 Å². The average Bonchev–Trinajstić information content (AvgIpc) is 2.40. The first-order valence-corrected chi connectivity index (χ1v) is 7.42. The fourth-order valence-electron chi connectivity index (χ4n) is 1.97. The third-order valence-electron chi connectivity index (χ3n) is 3.10. The summed E-state index contributed by atoms with van der Waals surface area (Å²) < 4.78 is 25.1. The molecule has 1 aromatic rings. The number of hydrogen-bond donors (Lipinski definition) is 2. The number of nitrogens with zero attached hydrogens (tertiary/aromatic N) is 1. The lowest BCUT2D eigenvalue weighted by atomic mass is 10.1. The van der Waals surface area contributed by atoms with Crippen molar-refractivity contribution in [2.75, 3.05) is 33.7 Å². The number of sulfonamides is 1. The van der Waals surface area contributed by atoms with Crippen LogP contribution in [-0.4, -0.2) is 46.5 Å². The molecule has 1 saturated heterocycles. The van der Waals surface area contributed by atoms with E-state index >= 15 is 0 Å². The van der Waals surface area contributed by atoms with E-state index in [0.29, 0.717) is 4.90 Å². The lowest BCUT2D eigenvalue weighted by molar-refractivity contribution is 0.430. The Morgan fingerprint density at radius 3 is 2.33 bits per heavy atom. The molecule has 0 spiro atoms. The Balaban J connectivity index is 2.20. The van der Waals surface area contributed by atoms with E-state index in [1.165, 1.54) is 18.4 Å². The second kappa shape index (κ2) is 5.36. The molecule has 2 rings (SSSR count). The zero-order valence-electron chi connectivity index (χ0n) is 10.7. The molecular formula is C12H19N3O2S. The molecule has 0 unspecified atom stereocenters. The molecule has 0 radical (unpaired) electrons. The van der Waals surface area contributed by atoms with Crippen molar-refractivity contribution in [2.24, 2.45) is 0 Å². The van der Waals surface area contributed by atoms with Gasteiger partial charge in [-0.1, -0.05) is 12.1 Å². The third kappa shape index (κ3) is 2.72. The van der Waals surface area contributed by atoms with Gasteiger partial charge in [0.2, 0.25) is 10.0 Å². The molecule has 6 heteroatoms. The monoisotopic (exact) mass is 269 g/mol. The molecule has 1 aliphatic rings. The van der Waals surface area contributed by atoms with E-state index < -0.39 is 10.0 Å². The summed E-state index contributed by atoms with van der Waals surface area (Å²) in [6.07, 6.45) is 0. The Bertz CT molecular complexity index is 491. The minimum Gasteiger partial charge on any atom is -0.314 e. The van der Waals surface area contributed by atoms with Gasteiger partial charge < -0.3 is 10.6 Å². The van der Waals surface area contributed by atoms with E-state index in [1.54, 1.807) is 12.1 Å². The van der Waals surface area contributed by atoms with E-state index in [9.17, 15) is 8.42 Å². The molecule has 0 bridgehead atoms. The SMILES string of the molecule is CN(C)S(=O)(=O)c1ccc([C@H]2CNCCN2)cc1. The summed E-state index contributed by atoms with van der Waals surface area (Å²) in [5.74, 6) is 0. The minimum atomic E-state index is -3.33. The normalized spacial score (nSPS) is 21.2. The lowest BCUT2D eigenvalue weighted by Crippen LogP contribution is -2.42. The van der Waals surface area contributed by atoms with Gasteiger partial charge in [-0.15, -0.1) is 0 Å². The molecule has 1 aromatic carbocycles. The van der Waals surface area contributed by atoms with Crippen molar-refractivity contribution in [2.45, 2.75) is 10.9 Å². The van der Waals surface area contributed by atoms with Crippen LogP contribution < -0.4 is 10.6 Å². The predicted octanol–water partition coefficient (Wildman–Crippen LogP) is 0.171. The van der Waals surface area contributed by atoms with Gasteiger partial charge in [-0.05, 0) is 17.7 Å². The summed E-state index contributed by atoms with van der Waals surface area (Å²) in [5.41, 5.74) is 1.11. The van der Waals surface area contributed by atoms with Gasteiger partial charge >= 0.3 is 0 Å². The fourth-order valence-corrected chi connectivity index (χ4v) is 2.87. The number of piperazine rings is 1. The summed E-state index contributed by atoms with van der Waals surface area (Å²) in [4.78, 5) is 0.333. The highest BCUT2D eigenvalue weighted by Crippen LogP contribution is 2.18. The largest absolute Gasteiger partial charge is 0.314 e. The molecule has 0 amide bonds. The molecular weight excluding hydrogens is 250 g/mol. The summed E-state index contributed by atoms with van der Waals surface area (Å²) in [6.45, 7) is 2.78. The van der Waals surface area contributed by atoms with E-state index in [2.05, 4.69) is 10.6 Å². The summed E-state index contributed by atoms with van der Waals surface area (Å²) in [6, 6.07) is 7.35. The van der Waals surface area contributed by atoms with Crippen LogP contribution in [0.5, 0.6) is 0 Å². The Morgan fingerprint density at radius 1 is 1.17 bits per heavy atom. The van der Waals surface area contributed by atoms with Crippen molar-refractivity contribution >= 4 is 10.0 Å². The van der Waals surface area contributed by atoms with Gasteiger partial charge in [0.1, 0.15) is 0 Å². The highest BCUT2D eigenvalue weighted by molar-refractivity contribution is 7.89. The van der Waals surface area contributed by atoms with Crippen LogP contribution in [0, 0.1) is 0 Å². The molecule has 100 valence electrons. The van der Waals surface area contributed by atoms with Gasteiger partial charge in [0.05, 0.1) is 4.90 Å². The van der Waals surface area contributed by atoms with Gasteiger partial charge in [-0.25, -0.2) is 12.7 Å². The van der Waals surface area contributed by atoms with E-state index in [1.807, 2.05) is 12.1 Å². The van der Waals surface area contributed by atoms with Crippen molar-refractivity contribution in [3.8, 4) is 0 Å². The van der Waals surface area contributed by atoms with Crippen LogP contribution in [0.15, 0.2) is 29.2 Å². The van der Waals surface area contributed by atoms with Crippen LogP contribution in [0.3, 0.4) is 0 Å². The van der Waals surface area contributed by atoms with Gasteiger partial charge in [0, 0.05) is 39.8 Å². The predicted molar refractivity (Wildman–Crippen MR) is 70.9 cm³/mol. The van der Waals surface area contributed by atoms with E-state index in [4.69, 9.17) is 0 Å². The quantitative estimate of drug-likeness (QED) is 0.821. The number of hydrogen-bond acceptors (Lipinski definition) is 4. The summed E-state index contributed by atoms with van der Waals surface area (Å²) in [5, 5.41) is 6.70. The van der Waals surface area contributed by atoms with E-state index in [0.717, 1.165) is 25.2 Å². The highest BCUT2D eigenvalue weighted by Gasteiger charge is 2.18. The maximum atomic E-state index is 11.9. The molecule has 1 fully saturated rings. The maximum absolute atomic E-state index is 11.9. The molecule has 0 aromatic heterocycles. The molecule has 18 heavy (non-hydrogen) atoms. The van der Waals surface area contributed by atoms with Gasteiger partial charge in [0.25, 0.3) is 0 Å². The first-order chi connectivity index (χ1) is 8.51. The van der Waals surface area contributed by atoms with Crippen molar-refractivity contribution in [1.82, 2.24) is 14.9 Å². The standard InChI is InChI=1S/C12H19N3O2S/c1-15(2)18(16,17)11-5-3-10(4-6-11)12-9-13-7-8-14-12/h3-6,12-14H,7-9H2,1-2H3/t12-/m1/s1. The topological polar surface area (TPSA) is 61.4 Å². The first kappa shape index (κ1) is 13.5. The van der Waals surface area contributed by atoms with Crippen molar-refractivity contribution in [3.05, 3.63) is 29.8 Å². The molecule has 1 heterocycles. The number of benzene rings is 1. The van der Waals surface area contributed by atoms with Crippen LogP contribution in [-0.2, 0) is 10.0 Å². The van der Waals surface area contributed by atoms with Crippen LogP contribution in [0.2, 0.25) is 0 Å². The fraction of sp³-hybridized carbons (Fsp3) is 0.500. The third-order valence-corrected chi connectivity index (χ3v) is 4.93. The maximum Gasteiger partial charge on any atom is 0.242 e. The first-order valence-electron chi connectivity index (χ1n) is 5.98. The Morgan fingerprint density at radius 2 is 1.83 bits per heavy atom. The molecule has 0 saturated carbocycles. The Hall–Kier alpha value is -0.950. The Kier molecular flexibility index (Phi) is 4.01. The van der Waals surface area contributed by atoms with Crippen molar-refractivity contribution in [3.63, 3.8) is 0 Å². The number of rotatable bonds is 3. The van der Waals surface area contributed by atoms with Crippen LogP contribution in [0.25, 0.3) is 0 Å². The average molecular weight is 269 g/mol. The molecule has 1 aliphatic heterocycles. The van der Waals surface area contributed by atoms with Gasteiger partial charge in [-0.2, -0.15) is 0 Å². The van der Waals surface area contributed by atoms with E-state index in [-0.39, 0.29) is 6.04 Å². The van der Waals surface area contributed by atoms with Crippen LogP contribution >= 0.6 is 0 Å². The molecule has 2 N–H and O–H groups in total. The number of nitrogens with one attached hydrogen (secondary N) is 2. The zero-order chi connectivity index (χ0) is 13.2. The summed E-state index contributed by atoms with van der Waals surface area (Å²) in [7, 11) is -0.252. The highest BCUT2D eigenvalue weighted by atomic mass is 32.2.